The molecule has 0 radical (unpaired) electrons. The van der Waals surface area contributed by atoms with E-state index in [-0.39, 0.29) is 30.8 Å². The summed E-state index contributed by atoms with van der Waals surface area (Å²) in [6, 6.07) is 0. The third-order valence-electron chi connectivity index (χ3n) is 5.41. The zero-order valence-electron chi connectivity index (χ0n) is 14.5. The van der Waals surface area contributed by atoms with Crippen LogP contribution in [0.1, 0.15) is 46.0 Å². The van der Waals surface area contributed by atoms with Crippen LogP contribution in [0.4, 0.5) is 0 Å². The highest BCUT2D eigenvalue weighted by atomic mass is 16.4. The van der Waals surface area contributed by atoms with Crippen molar-refractivity contribution in [1.29, 1.82) is 0 Å². The Hall–Kier alpha value is -1.17. The number of hydrogen-bond acceptors (Lipinski definition) is 4. The second kappa shape index (κ2) is 8.28. The van der Waals surface area contributed by atoms with Gasteiger partial charge in [0.25, 0.3) is 0 Å². The summed E-state index contributed by atoms with van der Waals surface area (Å²) in [4.78, 5) is 10.6. The van der Waals surface area contributed by atoms with E-state index in [1.165, 1.54) is 5.57 Å². The number of carboxylic acid groups (broad SMARTS) is 1. The molecule has 0 aromatic rings. The molecule has 0 aromatic carbocycles. The van der Waals surface area contributed by atoms with E-state index in [1.54, 1.807) is 0 Å². The number of carbonyl (C=O) groups is 1. The molecule has 7 atom stereocenters. The summed E-state index contributed by atoms with van der Waals surface area (Å²) in [7, 11) is 0. The lowest BCUT2D eigenvalue weighted by Crippen LogP contribution is -2.38. The molecule has 2 rings (SSSR count). The minimum absolute atomic E-state index is 0.0796. The van der Waals surface area contributed by atoms with Gasteiger partial charge in [-0.3, -0.25) is 4.79 Å². The zero-order valence-corrected chi connectivity index (χ0v) is 14.5. The van der Waals surface area contributed by atoms with Crippen LogP contribution in [0.5, 0.6) is 0 Å². The Balaban J connectivity index is 1.94. The third-order valence-corrected chi connectivity index (χ3v) is 5.41. The van der Waals surface area contributed by atoms with Crippen LogP contribution < -0.4 is 0 Å². The molecule has 0 saturated heterocycles. The van der Waals surface area contributed by atoms with Crippen molar-refractivity contribution in [1.82, 2.24) is 0 Å². The van der Waals surface area contributed by atoms with Gasteiger partial charge in [-0.15, -0.1) is 0 Å². The van der Waals surface area contributed by atoms with Crippen LogP contribution in [0, 0.1) is 23.7 Å². The Morgan fingerprint density at radius 2 is 2.00 bits per heavy atom. The Labute approximate surface area is 143 Å². The molecule has 0 saturated carbocycles. The highest BCUT2D eigenvalue weighted by Gasteiger charge is 2.38. The van der Waals surface area contributed by atoms with Crippen LogP contribution in [-0.4, -0.2) is 44.7 Å². The van der Waals surface area contributed by atoms with E-state index in [9.17, 15) is 20.1 Å². The topological polar surface area (TPSA) is 98.0 Å². The minimum Gasteiger partial charge on any atom is -0.481 e. The first-order valence-corrected chi connectivity index (χ1v) is 8.93. The molecule has 2 aliphatic carbocycles. The molecule has 0 heterocycles. The zero-order chi connectivity index (χ0) is 17.9. The van der Waals surface area contributed by atoms with Crippen LogP contribution >= 0.6 is 0 Å². The molecule has 0 aromatic heterocycles. The van der Waals surface area contributed by atoms with Crippen molar-refractivity contribution in [2.24, 2.45) is 23.7 Å². The van der Waals surface area contributed by atoms with Gasteiger partial charge >= 0.3 is 5.97 Å². The van der Waals surface area contributed by atoms with Gasteiger partial charge in [0.05, 0.1) is 24.7 Å². The maximum absolute atomic E-state index is 10.6. The molecule has 0 fully saturated rings. The Bertz CT molecular complexity index is 498. The van der Waals surface area contributed by atoms with Gasteiger partial charge in [0, 0.05) is 5.92 Å². The quantitative estimate of drug-likeness (QED) is 0.570. The standard InChI is InChI=1S/C19H30O5/c1-11-7-13-4-3-12(2)16(19(13)17(22)8-11)6-5-14(20)9-15(21)10-18(23)24/h3-4,7,11-12,14-17,19-22H,5-6,8-10H2,1-2H3,(H,23,24)/t11?,12-,14+,15+,16-,17?,19-/m0/s1. The molecular weight excluding hydrogens is 308 g/mol. The van der Waals surface area contributed by atoms with E-state index in [0.29, 0.717) is 18.3 Å². The lowest BCUT2D eigenvalue weighted by Gasteiger charge is -2.41. The number of aliphatic hydroxyl groups excluding tert-OH is 3. The predicted octanol–water partition coefficient (Wildman–Crippen LogP) is 2.12. The van der Waals surface area contributed by atoms with Crippen molar-refractivity contribution < 1.29 is 25.2 Å². The average molecular weight is 338 g/mol. The van der Waals surface area contributed by atoms with E-state index < -0.39 is 18.2 Å². The van der Waals surface area contributed by atoms with Gasteiger partial charge in [-0.05, 0) is 49.0 Å². The number of fused-ring (bicyclic) bond motifs is 1. The van der Waals surface area contributed by atoms with Crippen LogP contribution in [0.3, 0.4) is 0 Å². The smallest absolute Gasteiger partial charge is 0.305 e. The minimum atomic E-state index is -1.06. The Morgan fingerprint density at radius 1 is 1.29 bits per heavy atom. The first-order chi connectivity index (χ1) is 11.3. The maximum Gasteiger partial charge on any atom is 0.305 e. The molecule has 2 aliphatic rings. The molecule has 136 valence electrons. The lowest BCUT2D eigenvalue weighted by atomic mass is 9.65. The summed E-state index contributed by atoms with van der Waals surface area (Å²) < 4.78 is 0. The fraction of sp³-hybridized carbons (Fsp3) is 0.737. The number of carboxylic acids is 1. The Kier molecular flexibility index (Phi) is 6.61. The van der Waals surface area contributed by atoms with Gasteiger partial charge in [0.1, 0.15) is 0 Å². The molecule has 0 bridgehead atoms. The van der Waals surface area contributed by atoms with Crippen molar-refractivity contribution in [3.05, 3.63) is 23.8 Å². The van der Waals surface area contributed by atoms with Crippen LogP contribution in [0.15, 0.2) is 23.8 Å². The SMILES string of the molecule is CC1C=C2C=C[C@H](C)[C@H](CC[C@@H](O)C[C@@H](O)CC(=O)O)[C@H]2C(O)C1. The predicted molar refractivity (Wildman–Crippen MR) is 91.3 cm³/mol. The van der Waals surface area contributed by atoms with Crippen molar-refractivity contribution in [3.8, 4) is 0 Å². The van der Waals surface area contributed by atoms with E-state index in [0.717, 1.165) is 12.8 Å². The average Bonchev–Trinajstić information content (AvgIpc) is 2.45. The summed E-state index contributed by atoms with van der Waals surface area (Å²) >= 11 is 0. The van der Waals surface area contributed by atoms with Gasteiger partial charge in [0.15, 0.2) is 0 Å². The first-order valence-electron chi connectivity index (χ1n) is 8.93. The maximum atomic E-state index is 10.6. The molecule has 0 amide bonds. The second-order valence-electron chi connectivity index (χ2n) is 7.57. The van der Waals surface area contributed by atoms with Crippen molar-refractivity contribution >= 4 is 5.97 Å². The number of rotatable bonds is 7. The molecule has 5 nitrogen and oxygen atoms in total. The number of aliphatic hydroxyl groups is 3. The largest absolute Gasteiger partial charge is 0.481 e. The second-order valence-corrected chi connectivity index (χ2v) is 7.57. The van der Waals surface area contributed by atoms with E-state index in [1.807, 2.05) is 0 Å². The van der Waals surface area contributed by atoms with Gasteiger partial charge in [0.2, 0.25) is 0 Å². The van der Waals surface area contributed by atoms with Crippen molar-refractivity contribution in [2.75, 3.05) is 0 Å². The summed E-state index contributed by atoms with van der Waals surface area (Å²) in [5.74, 6) is 0.00962. The molecular formula is C19H30O5. The van der Waals surface area contributed by atoms with Gasteiger partial charge in [-0.2, -0.15) is 0 Å². The Morgan fingerprint density at radius 3 is 2.67 bits per heavy atom. The van der Waals surface area contributed by atoms with E-state index >= 15 is 0 Å². The summed E-state index contributed by atoms with van der Waals surface area (Å²) in [5, 5.41) is 38.9. The fourth-order valence-electron chi connectivity index (χ4n) is 4.23. The van der Waals surface area contributed by atoms with Crippen LogP contribution in [0.2, 0.25) is 0 Å². The monoisotopic (exact) mass is 338 g/mol. The van der Waals surface area contributed by atoms with Crippen LogP contribution in [-0.2, 0) is 4.79 Å². The summed E-state index contributed by atoms with van der Waals surface area (Å²) in [5.41, 5.74) is 1.20. The molecule has 4 N–H and O–H groups in total. The highest BCUT2D eigenvalue weighted by Crippen LogP contribution is 2.43. The normalized spacial score (nSPS) is 35.0. The third kappa shape index (κ3) is 4.91. The molecule has 2 unspecified atom stereocenters. The van der Waals surface area contributed by atoms with Crippen molar-refractivity contribution in [2.45, 2.75) is 64.3 Å². The fourth-order valence-corrected chi connectivity index (χ4v) is 4.23. The van der Waals surface area contributed by atoms with Gasteiger partial charge in [-0.25, -0.2) is 0 Å². The molecule has 0 aliphatic heterocycles. The lowest BCUT2D eigenvalue weighted by molar-refractivity contribution is -0.139. The summed E-state index contributed by atoms with van der Waals surface area (Å²) in [6.07, 6.45) is 6.20. The first kappa shape index (κ1) is 19.2. The number of allylic oxidation sites excluding steroid dienone is 3. The van der Waals surface area contributed by atoms with E-state index in [2.05, 4.69) is 32.1 Å². The highest BCUT2D eigenvalue weighted by molar-refractivity contribution is 5.67. The van der Waals surface area contributed by atoms with Crippen LogP contribution in [0.25, 0.3) is 0 Å². The molecule has 24 heavy (non-hydrogen) atoms. The van der Waals surface area contributed by atoms with Crippen molar-refractivity contribution in [3.63, 3.8) is 0 Å². The summed E-state index contributed by atoms with van der Waals surface area (Å²) in [6.45, 7) is 4.25. The van der Waals surface area contributed by atoms with Gasteiger partial charge < -0.3 is 20.4 Å². The number of aliphatic carboxylic acids is 1. The van der Waals surface area contributed by atoms with E-state index in [4.69, 9.17) is 5.11 Å². The van der Waals surface area contributed by atoms with Gasteiger partial charge in [-0.1, -0.05) is 32.1 Å². The molecule has 5 heteroatoms. The number of hydrogen-bond donors (Lipinski definition) is 4. The molecule has 0 spiro atoms.